The van der Waals surface area contributed by atoms with E-state index >= 15 is 0 Å². The molecule has 22 heavy (non-hydrogen) atoms. The maximum atomic E-state index is 4.60. The predicted octanol–water partition coefficient (Wildman–Crippen LogP) is 2.02. The third-order valence-electron chi connectivity index (χ3n) is 3.81. The maximum Gasteiger partial charge on any atom is 0.227 e. The van der Waals surface area contributed by atoms with Crippen LogP contribution in [0.2, 0.25) is 0 Å². The molecule has 1 aliphatic heterocycles. The molecule has 6 nitrogen and oxygen atoms in total. The van der Waals surface area contributed by atoms with Gasteiger partial charge in [0.2, 0.25) is 5.95 Å². The molecule has 1 saturated heterocycles. The molecule has 3 rings (SSSR count). The molecule has 0 aromatic carbocycles. The van der Waals surface area contributed by atoms with Gasteiger partial charge in [-0.15, -0.1) is 0 Å². The van der Waals surface area contributed by atoms with Gasteiger partial charge in [0, 0.05) is 57.0 Å². The lowest BCUT2D eigenvalue weighted by atomic mass is 10.3. The summed E-state index contributed by atoms with van der Waals surface area (Å²) in [5, 5.41) is 3.24. The number of anilines is 3. The summed E-state index contributed by atoms with van der Waals surface area (Å²) in [6, 6.07) is 6.05. The van der Waals surface area contributed by atoms with Gasteiger partial charge in [0.1, 0.15) is 5.82 Å². The Morgan fingerprint density at radius 3 is 2.59 bits per heavy atom. The quantitative estimate of drug-likeness (QED) is 0.932. The minimum absolute atomic E-state index is 0.815. The Morgan fingerprint density at radius 2 is 1.77 bits per heavy atom. The second-order valence-corrected chi connectivity index (χ2v) is 5.31. The number of hydrogen-bond donors (Lipinski definition) is 1. The van der Waals surface area contributed by atoms with Crippen molar-refractivity contribution < 1.29 is 0 Å². The van der Waals surface area contributed by atoms with Crippen molar-refractivity contribution in [3.05, 3.63) is 36.8 Å². The van der Waals surface area contributed by atoms with Crippen molar-refractivity contribution in [2.75, 3.05) is 47.8 Å². The SMILES string of the molecule is CCNc1ccnc(N2CCCN(c3ccncc3)CC2)n1. The van der Waals surface area contributed by atoms with Gasteiger partial charge in [0.25, 0.3) is 0 Å². The van der Waals surface area contributed by atoms with Crippen LogP contribution in [0.3, 0.4) is 0 Å². The van der Waals surface area contributed by atoms with Gasteiger partial charge in [-0.3, -0.25) is 4.98 Å². The second-order valence-electron chi connectivity index (χ2n) is 5.31. The van der Waals surface area contributed by atoms with Crippen LogP contribution in [0.1, 0.15) is 13.3 Å². The number of nitrogens with one attached hydrogen (secondary N) is 1. The van der Waals surface area contributed by atoms with E-state index in [-0.39, 0.29) is 0 Å². The van der Waals surface area contributed by atoms with Crippen LogP contribution in [-0.4, -0.2) is 47.7 Å². The van der Waals surface area contributed by atoms with Gasteiger partial charge in [-0.2, -0.15) is 4.98 Å². The van der Waals surface area contributed by atoms with E-state index in [1.54, 1.807) is 0 Å². The third-order valence-corrected chi connectivity index (χ3v) is 3.81. The second kappa shape index (κ2) is 7.06. The molecule has 6 heteroatoms. The van der Waals surface area contributed by atoms with Gasteiger partial charge in [0.05, 0.1) is 0 Å². The predicted molar refractivity (Wildman–Crippen MR) is 89.5 cm³/mol. The molecule has 2 aromatic heterocycles. The molecule has 1 fully saturated rings. The highest BCUT2D eigenvalue weighted by Gasteiger charge is 2.17. The molecule has 0 aliphatic carbocycles. The van der Waals surface area contributed by atoms with E-state index < -0.39 is 0 Å². The van der Waals surface area contributed by atoms with Crippen molar-refractivity contribution in [3.63, 3.8) is 0 Å². The number of nitrogens with zero attached hydrogens (tertiary/aromatic N) is 5. The Morgan fingerprint density at radius 1 is 1.00 bits per heavy atom. The molecule has 1 aliphatic rings. The fourth-order valence-electron chi connectivity index (χ4n) is 2.71. The molecular weight excluding hydrogens is 276 g/mol. The minimum Gasteiger partial charge on any atom is -0.370 e. The molecule has 1 N–H and O–H groups in total. The van der Waals surface area contributed by atoms with Gasteiger partial charge >= 0.3 is 0 Å². The third kappa shape index (κ3) is 3.44. The molecule has 116 valence electrons. The van der Waals surface area contributed by atoms with Crippen LogP contribution in [-0.2, 0) is 0 Å². The Kier molecular flexibility index (Phi) is 4.68. The molecule has 0 spiro atoms. The van der Waals surface area contributed by atoms with Crippen molar-refractivity contribution >= 4 is 17.5 Å². The normalized spacial score (nSPS) is 15.5. The molecule has 0 atom stereocenters. The summed E-state index contributed by atoms with van der Waals surface area (Å²) < 4.78 is 0. The van der Waals surface area contributed by atoms with Crippen LogP contribution in [0.25, 0.3) is 0 Å². The molecule has 0 bridgehead atoms. The Labute approximate surface area is 131 Å². The van der Waals surface area contributed by atoms with Crippen molar-refractivity contribution in [1.82, 2.24) is 15.0 Å². The van der Waals surface area contributed by atoms with Crippen LogP contribution >= 0.6 is 0 Å². The van der Waals surface area contributed by atoms with E-state index in [1.165, 1.54) is 5.69 Å². The van der Waals surface area contributed by atoms with Crippen LogP contribution in [0.5, 0.6) is 0 Å². The molecule has 0 saturated carbocycles. The lowest BCUT2D eigenvalue weighted by Gasteiger charge is -2.23. The maximum absolute atomic E-state index is 4.60. The first kappa shape index (κ1) is 14.6. The summed E-state index contributed by atoms with van der Waals surface area (Å²) in [5.41, 5.74) is 1.24. The first-order valence-corrected chi connectivity index (χ1v) is 7.83. The van der Waals surface area contributed by atoms with E-state index in [1.807, 2.05) is 24.7 Å². The lowest BCUT2D eigenvalue weighted by molar-refractivity contribution is 0.782. The minimum atomic E-state index is 0.815. The van der Waals surface area contributed by atoms with Crippen molar-refractivity contribution in [3.8, 4) is 0 Å². The zero-order chi connectivity index (χ0) is 15.2. The monoisotopic (exact) mass is 298 g/mol. The van der Waals surface area contributed by atoms with Crippen LogP contribution in [0, 0.1) is 0 Å². The Bertz CT molecular complexity index is 588. The summed E-state index contributed by atoms with van der Waals surface area (Å²) in [5.74, 6) is 1.71. The van der Waals surface area contributed by atoms with E-state index in [2.05, 4.69) is 49.1 Å². The summed E-state index contributed by atoms with van der Waals surface area (Å²) in [6.45, 7) is 6.87. The Balaban J connectivity index is 1.69. The lowest BCUT2D eigenvalue weighted by Crippen LogP contribution is -2.31. The standard InChI is InChI=1S/C16H22N6/c1-2-18-15-6-9-19-16(20-15)22-11-3-10-21(12-13-22)14-4-7-17-8-5-14/h4-9H,2-3,10-13H2,1H3,(H,18,19,20). The summed E-state index contributed by atoms with van der Waals surface area (Å²) in [6.07, 6.45) is 6.62. The van der Waals surface area contributed by atoms with Crippen molar-refractivity contribution in [1.29, 1.82) is 0 Å². The fourth-order valence-corrected chi connectivity index (χ4v) is 2.71. The molecule has 0 amide bonds. The number of pyridine rings is 1. The van der Waals surface area contributed by atoms with Crippen LogP contribution in [0.4, 0.5) is 17.5 Å². The largest absolute Gasteiger partial charge is 0.370 e. The number of aromatic nitrogens is 3. The molecule has 0 unspecified atom stereocenters. The highest BCUT2D eigenvalue weighted by atomic mass is 15.3. The molecule has 0 radical (unpaired) electrons. The zero-order valence-electron chi connectivity index (χ0n) is 12.9. The summed E-state index contributed by atoms with van der Waals surface area (Å²) in [4.78, 5) is 17.8. The highest BCUT2D eigenvalue weighted by molar-refractivity contribution is 5.46. The van der Waals surface area contributed by atoms with E-state index in [4.69, 9.17) is 0 Å². The highest BCUT2D eigenvalue weighted by Crippen LogP contribution is 2.18. The molecule has 3 heterocycles. The first-order chi connectivity index (χ1) is 10.9. The van der Waals surface area contributed by atoms with E-state index in [0.717, 1.165) is 50.9 Å². The Hall–Kier alpha value is -2.37. The summed E-state index contributed by atoms with van der Waals surface area (Å²) >= 11 is 0. The van der Waals surface area contributed by atoms with Crippen LogP contribution < -0.4 is 15.1 Å². The van der Waals surface area contributed by atoms with Gasteiger partial charge in [0.15, 0.2) is 0 Å². The van der Waals surface area contributed by atoms with Crippen molar-refractivity contribution in [2.45, 2.75) is 13.3 Å². The van der Waals surface area contributed by atoms with Gasteiger partial charge < -0.3 is 15.1 Å². The zero-order valence-corrected chi connectivity index (χ0v) is 12.9. The van der Waals surface area contributed by atoms with E-state index in [0.29, 0.717) is 0 Å². The molecular formula is C16H22N6. The van der Waals surface area contributed by atoms with E-state index in [9.17, 15) is 0 Å². The van der Waals surface area contributed by atoms with Crippen molar-refractivity contribution in [2.24, 2.45) is 0 Å². The average Bonchev–Trinajstić information content (AvgIpc) is 2.82. The van der Waals surface area contributed by atoms with Gasteiger partial charge in [-0.1, -0.05) is 0 Å². The molecule has 2 aromatic rings. The number of rotatable bonds is 4. The first-order valence-electron chi connectivity index (χ1n) is 7.83. The topological polar surface area (TPSA) is 57.2 Å². The van der Waals surface area contributed by atoms with Crippen LogP contribution in [0.15, 0.2) is 36.8 Å². The van der Waals surface area contributed by atoms with Gasteiger partial charge in [-0.05, 0) is 31.5 Å². The smallest absolute Gasteiger partial charge is 0.227 e. The number of hydrogen-bond acceptors (Lipinski definition) is 6. The average molecular weight is 298 g/mol. The fraction of sp³-hybridized carbons (Fsp3) is 0.438. The van der Waals surface area contributed by atoms with Gasteiger partial charge in [-0.25, -0.2) is 4.98 Å². The summed E-state index contributed by atoms with van der Waals surface area (Å²) in [7, 11) is 0.